The quantitative estimate of drug-likeness (QED) is 0.758. The summed E-state index contributed by atoms with van der Waals surface area (Å²) < 4.78 is 19.5. The molecule has 0 bridgehead atoms. The topological polar surface area (TPSA) is 38.2 Å². The Bertz CT molecular complexity index is 721. The van der Waals surface area contributed by atoms with Crippen LogP contribution >= 0.6 is 0 Å². The molecule has 2 atom stereocenters. The molecule has 0 aliphatic carbocycles. The lowest BCUT2D eigenvalue weighted by Crippen LogP contribution is -2.24. The molecule has 2 unspecified atom stereocenters. The Labute approximate surface area is 149 Å². The molecule has 2 aromatic heterocycles. The summed E-state index contributed by atoms with van der Waals surface area (Å²) in [6.45, 7) is 7.70. The Hall–Kier alpha value is -1.75. The Morgan fingerprint density at radius 3 is 3.00 bits per heavy atom. The van der Waals surface area contributed by atoms with Gasteiger partial charge in [-0.15, -0.1) is 0 Å². The molecule has 1 saturated heterocycles. The maximum absolute atomic E-state index is 14.4. The number of hydrogen-bond donors (Lipinski definition) is 0. The number of halogens is 1. The van der Waals surface area contributed by atoms with Crippen LogP contribution in [0.4, 0.5) is 4.39 Å². The molecule has 1 aliphatic heterocycles. The van der Waals surface area contributed by atoms with E-state index in [9.17, 15) is 4.39 Å². The van der Waals surface area contributed by atoms with Gasteiger partial charge in [0.15, 0.2) is 0 Å². The normalized spacial score (nSPS) is 19.4. The lowest BCUT2D eigenvalue weighted by atomic mass is 9.93. The van der Waals surface area contributed by atoms with Crippen LogP contribution in [0, 0.1) is 17.7 Å². The lowest BCUT2D eigenvalue weighted by molar-refractivity contribution is 0.310. The minimum atomic E-state index is -0.274. The van der Waals surface area contributed by atoms with Gasteiger partial charge in [-0.1, -0.05) is 20.3 Å². The molecule has 0 saturated carbocycles. The smallest absolute Gasteiger partial charge is 0.213 e. The van der Waals surface area contributed by atoms with Crippen LogP contribution < -0.4 is 4.74 Å². The molecule has 5 heteroatoms. The van der Waals surface area contributed by atoms with Gasteiger partial charge in [0.1, 0.15) is 5.82 Å². The molecule has 3 heterocycles. The number of hydrogen-bond acceptors (Lipinski definition) is 4. The van der Waals surface area contributed by atoms with Gasteiger partial charge in [0.05, 0.1) is 24.3 Å². The molecule has 0 amide bonds. The first-order valence-corrected chi connectivity index (χ1v) is 9.31. The maximum atomic E-state index is 14.4. The highest BCUT2D eigenvalue weighted by molar-refractivity contribution is 5.78. The maximum Gasteiger partial charge on any atom is 0.213 e. The fraction of sp³-hybridized carbons (Fsp3) is 0.600. The molecular weight excluding hydrogens is 317 g/mol. The highest BCUT2D eigenvalue weighted by atomic mass is 19.1. The summed E-state index contributed by atoms with van der Waals surface area (Å²) in [6, 6.07) is 3.60. The monoisotopic (exact) mass is 345 g/mol. The van der Waals surface area contributed by atoms with E-state index < -0.39 is 0 Å². The number of nitrogens with zero attached hydrogens (tertiary/aromatic N) is 3. The van der Waals surface area contributed by atoms with Crippen molar-refractivity contribution in [3.05, 3.63) is 29.7 Å². The number of aromatic nitrogens is 2. The zero-order chi connectivity index (χ0) is 17.8. The molecule has 136 valence electrons. The van der Waals surface area contributed by atoms with Crippen molar-refractivity contribution in [2.75, 3.05) is 26.7 Å². The van der Waals surface area contributed by atoms with E-state index in [1.807, 2.05) is 6.07 Å². The van der Waals surface area contributed by atoms with Crippen LogP contribution in [0.3, 0.4) is 0 Å². The fourth-order valence-corrected chi connectivity index (χ4v) is 3.74. The summed E-state index contributed by atoms with van der Waals surface area (Å²) in [5.41, 5.74) is 1.98. The zero-order valence-electron chi connectivity index (χ0n) is 15.5. The van der Waals surface area contributed by atoms with Gasteiger partial charge < -0.3 is 9.64 Å². The highest BCUT2D eigenvalue weighted by Gasteiger charge is 2.24. The second-order valence-electron chi connectivity index (χ2n) is 7.26. The Kier molecular flexibility index (Phi) is 5.84. The molecular formula is C20H28FN3O. The zero-order valence-corrected chi connectivity index (χ0v) is 15.5. The third kappa shape index (κ3) is 4.27. The number of rotatable bonds is 7. The first-order chi connectivity index (χ1) is 12.1. The van der Waals surface area contributed by atoms with E-state index in [0.717, 1.165) is 31.5 Å². The molecule has 0 spiro atoms. The predicted molar refractivity (Wildman–Crippen MR) is 98.4 cm³/mol. The molecule has 0 aromatic carbocycles. The van der Waals surface area contributed by atoms with Gasteiger partial charge in [-0.3, -0.25) is 4.98 Å². The lowest BCUT2D eigenvalue weighted by Gasteiger charge is -2.18. The van der Waals surface area contributed by atoms with E-state index in [1.54, 1.807) is 13.2 Å². The summed E-state index contributed by atoms with van der Waals surface area (Å²) in [6.07, 6.45) is 5.77. The molecule has 4 nitrogen and oxygen atoms in total. The van der Waals surface area contributed by atoms with Gasteiger partial charge in [0.2, 0.25) is 5.88 Å². The molecule has 0 N–H and O–H groups in total. The summed E-state index contributed by atoms with van der Waals surface area (Å²) in [4.78, 5) is 11.0. The van der Waals surface area contributed by atoms with E-state index in [2.05, 4.69) is 28.7 Å². The van der Waals surface area contributed by atoms with E-state index in [1.165, 1.54) is 25.5 Å². The molecule has 1 fully saturated rings. The van der Waals surface area contributed by atoms with Crippen LogP contribution in [0.2, 0.25) is 0 Å². The second kappa shape index (κ2) is 8.09. The summed E-state index contributed by atoms with van der Waals surface area (Å²) in [5, 5.41) is 0. The number of methoxy groups -OCH3 is 1. The number of fused-ring (bicyclic) bond motifs is 1. The Balaban J connectivity index is 1.68. The van der Waals surface area contributed by atoms with Crippen LogP contribution in [-0.2, 0) is 6.42 Å². The standard InChI is InChI=1S/C20H28FN3O/c1-4-14(2)11-15-7-9-24(13-15)10-8-16-17(21)12-22-18-5-6-19(25-3)23-20(16)18/h5-6,12,14-15H,4,7-11,13H2,1-3H3. The number of likely N-dealkylation sites (tertiary alicyclic amines) is 1. The van der Waals surface area contributed by atoms with E-state index in [0.29, 0.717) is 28.9 Å². The van der Waals surface area contributed by atoms with Crippen molar-refractivity contribution in [3.8, 4) is 5.88 Å². The first kappa shape index (κ1) is 18.1. The predicted octanol–water partition coefficient (Wildman–Crippen LogP) is 4.08. The third-order valence-electron chi connectivity index (χ3n) is 5.43. The third-order valence-corrected chi connectivity index (χ3v) is 5.43. The minimum absolute atomic E-state index is 0.274. The average molecular weight is 345 g/mol. The van der Waals surface area contributed by atoms with Crippen molar-refractivity contribution < 1.29 is 9.13 Å². The van der Waals surface area contributed by atoms with Gasteiger partial charge in [-0.2, -0.15) is 0 Å². The van der Waals surface area contributed by atoms with Gasteiger partial charge in [0.25, 0.3) is 0 Å². The largest absolute Gasteiger partial charge is 0.481 e. The van der Waals surface area contributed by atoms with Crippen molar-refractivity contribution in [2.45, 2.75) is 39.5 Å². The van der Waals surface area contributed by atoms with Crippen LogP contribution in [0.15, 0.2) is 18.3 Å². The van der Waals surface area contributed by atoms with Crippen molar-refractivity contribution in [2.24, 2.45) is 11.8 Å². The van der Waals surface area contributed by atoms with Gasteiger partial charge in [0, 0.05) is 24.7 Å². The Morgan fingerprint density at radius 2 is 2.24 bits per heavy atom. The van der Waals surface area contributed by atoms with E-state index >= 15 is 0 Å². The summed E-state index contributed by atoms with van der Waals surface area (Å²) >= 11 is 0. The minimum Gasteiger partial charge on any atom is -0.481 e. The summed E-state index contributed by atoms with van der Waals surface area (Å²) in [7, 11) is 1.57. The van der Waals surface area contributed by atoms with Crippen molar-refractivity contribution in [1.29, 1.82) is 0 Å². The SMILES string of the molecule is CCC(C)CC1CCN(CCc2c(F)cnc3ccc(OC)nc23)C1. The van der Waals surface area contributed by atoms with Gasteiger partial charge in [-0.25, -0.2) is 9.37 Å². The molecule has 2 aromatic rings. The summed E-state index contributed by atoms with van der Waals surface area (Å²) in [5.74, 6) is 1.80. The van der Waals surface area contributed by atoms with E-state index in [-0.39, 0.29) is 5.82 Å². The molecule has 0 radical (unpaired) electrons. The first-order valence-electron chi connectivity index (χ1n) is 9.31. The fourth-order valence-electron chi connectivity index (χ4n) is 3.74. The second-order valence-corrected chi connectivity index (χ2v) is 7.26. The number of ether oxygens (including phenoxy) is 1. The van der Waals surface area contributed by atoms with Crippen molar-refractivity contribution >= 4 is 11.0 Å². The van der Waals surface area contributed by atoms with Gasteiger partial charge in [-0.05, 0) is 43.7 Å². The van der Waals surface area contributed by atoms with Crippen LogP contribution in [-0.4, -0.2) is 41.6 Å². The van der Waals surface area contributed by atoms with Crippen LogP contribution in [0.5, 0.6) is 5.88 Å². The van der Waals surface area contributed by atoms with Crippen LogP contribution in [0.25, 0.3) is 11.0 Å². The van der Waals surface area contributed by atoms with E-state index in [4.69, 9.17) is 4.74 Å². The van der Waals surface area contributed by atoms with Crippen molar-refractivity contribution in [3.63, 3.8) is 0 Å². The average Bonchev–Trinajstić information content (AvgIpc) is 3.07. The Morgan fingerprint density at radius 1 is 1.40 bits per heavy atom. The van der Waals surface area contributed by atoms with Crippen molar-refractivity contribution in [1.82, 2.24) is 14.9 Å². The molecule has 3 rings (SSSR count). The van der Waals surface area contributed by atoms with Crippen LogP contribution in [0.1, 0.15) is 38.7 Å². The molecule has 25 heavy (non-hydrogen) atoms. The highest BCUT2D eigenvalue weighted by Crippen LogP contribution is 2.26. The molecule has 1 aliphatic rings. The number of pyridine rings is 2. The van der Waals surface area contributed by atoms with Gasteiger partial charge >= 0.3 is 0 Å².